The van der Waals surface area contributed by atoms with Crippen LogP contribution < -0.4 is 10.1 Å². The van der Waals surface area contributed by atoms with Gasteiger partial charge in [0.15, 0.2) is 0 Å². The van der Waals surface area contributed by atoms with E-state index in [1.54, 1.807) is 12.1 Å². The molecule has 0 bridgehead atoms. The van der Waals surface area contributed by atoms with Gasteiger partial charge in [0.2, 0.25) is 0 Å². The molecule has 0 amide bonds. The molecule has 5 nitrogen and oxygen atoms in total. The molecule has 0 radical (unpaired) electrons. The van der Waals surface area contributed by atoms with E-state index in [4.69, 9.17) is 4.89 Å². The second kappa shape index (κ2) is 15.0. The van der Waals surface area contributed by atoms with E-state index in [0.29, 0.717) is 37.1 Å². The predicted octanol–water partition coefficient (Wildman–Crippen LogP) is 7.61. The lowest BCUT2D eigenvalue weighted by molar-refractivity contribution is -0.274. The molecule has 0 spiro atoms. The van der Waals surface area contributed by atoms with Gasteiger partial charge in [-0.1, -0.05) is 56.4 Å². The highest BCUT2D eigenvalue weighted by atomic mass is 31.1. The van der Waals surface area contributed by atoms with Crippen molar-refractivity contribution >= 4 is 8.25 Å². The van der Waals surface area contributed by atoms with Crippen LogP contribution in [-0.2, 0) is 27.5 Å². The first-order chi connectivity index (χ1) is 18.2. The average Bonchev–Trinajstić information content (AvgIpc) is 2.87. The minimum atomic E-state index is -4.78. The SMILES string of the molecule is O=[PH](O)OCCCNCc1ccc(CCCCCC2(c3ccc(F)cc3)CCCCC2)c(OC(F)(F)F)c1. The monoisotopic (exact) mass is 559 g/mol. The highest BCUT2D eigenvalue weighted by Crippen LogP contribution is 2.43. The maximum absolute atomic E-state index is 13.5. The number of hydrogen-bond acceptors (Lipinski definition) is 4. The molecule has 0 aliphatic heterocycles. The standard InChI is InChI=1S/C28H38F4NO4P/c29-25-13-11-24(12-14-25)27(16-5-2-6-17-27)15-4-1-3-8-23-10-9-22(20-26(23)37-28(30,31)32)21-33-18-7-19-36-38(34)35/h9-14,20,33,38H,1-8,15-19,21H2,(H,34,35). The summed E-state index contributed by atoms with van der Waals surface area (Å²) in [5.74, 6) is -0.403. The van der Waals surface area contributed by atoms with Gasteiger partial charge in [0, 0.05) is 6.54 Å². The van der Waals surface area contributed by atoms with Crippen molar-refractivity contribution in [2.45, 2.75) is 89.0 Å². The summed E-state index contributed by atoms with van der Waals surface area (Å²) in [5, 5.41) is 3.09. The Morgan fingerprint density at radius 1 is 0.974 bits per heavy atom. The summed E-state index contributed by atoms with van der Waals surface area (Å²) in [6, 6.07) is 11.8. The van der Waals surface area contributed by atoms with Gasteiger partial charge in [0.25, 0.3) is 0 Å². The molecule has 0 saturated heterocycles. The van der Waals surface area contributed by atoms with Crippen molar-refractivity contribution in [3.63, 3.8) is 0 Å². The molecule has 1 aliphatic rings. The van der Waals surface area contributed by atoms with Crippen LogP contribution >= 0.6 is 8.25 Å². The number of unbranched alkanes of at least 4 members (excludes halogenated alkanes) is 2. The van der Waals surface area contributed by atoms with Crippen LogP contribution in [0.1, 0.15) is 80.9 Å². The number of benzene rings is 2. The summed E-state index contributed by atoms with van der Waals surface area (Å²) in [6.45, 7) is 0.966. The number of aryl methyl sites for hydroxylation is 1. The molecular formula is C28H38F4NO4P. The molecule has 10 heteroatoms. The number of hydrogen-bond donors (Lipinski definition) is 2. The number of ether oxygens (including phenoxy) is 1. The Balaban J connectivity index is 1.52. The fourth-order valence-corrected chi connectivity index (χ4v) is 5.71. The van der Waals surface area contributed by atoms with Crippen LogP contribution in [0.15, 0.2) is 42.5 Å². The number of halogens is 4. The minimum Gasteiger partial charge on any atom is -0.405 e. The maximum Gasteiger partial charge on any atom is 0.573 e. The van der Waals surface area contributed by atoms with Crippen molar-refractivity contribution in [1.82, 2.24) is 5.32 Å². The molecule has 0 heterocycles. The van der Waals surface area contributed by atoms with Gasteiger partial charge in [-0.25, -0.2) is 4.39 Å². The molecule has 1 saturated carbocycles. The molecule has 212 valence electrons. The van der Waals surface area contributed by atoms with E-state index >= 15 is 0 Å². The zero-order valence-corrected chi connectivity index (χ0v) is 22.6. The highest BCUT2D eigenvalue weighted by molar-refractivity contribution is 7.32. The lowest BCUT2D eigenvalue weighted by Gasteiger charge is -2.38. The molecule has 0 aromatic heterocycles. The van der Waals surface area contributed by atoms with E-state index in [0.717, 1.165) is 51.4 Å². The third kappa shape index (κ3) is 10.3. The fraction of sp³-hybridized carbons (Fsp3) is 0.571. The van der Waals surface area contributed by atoms with E-state index in [-0.39, 0.29) is 23.6 Å². The largest absolute Gasteiger partial charge is 0.573 e. The predicted molar refractivity (Wildman–Crippen MR) is 140 cm³/mol. The molecule has 1 unspecified atom stereocenters. The summed E-state index contributed by atoms with van der Waals surface area (Å²) in [7, 11) is -2.95. The second-order valence-electron chi connectivity index (χ2n) is 10.0. The van der Waals surface area contributed by atoms with Gasteiger partial charge in [0.05, 0.1) is 6.61 Å². The second-order valence-corrected chi connectivity index (χ2v) is 10.9. The maximum atomic E-state index is 13.5. The lowest BCUT2D eigenvalue weighted by atomic mass is 9.66. The fourth-order valence-electron chi connectivity index (χ4n) is 5.40. The molecule has 1 aliphatic carbocycles. The van der Waals surface area contributed by atoms with Crippen molar-refractivity contribution in [3.05, 3.63) is 65.0 Å². The quantitative estimate of drug-likeness (QED) is 0.134. The van der Waals surface area contributed by atoms with E-state index in [2.05, 4.69) is 14.6 Å². The molecule has 2 aromatic carbocycles. The Labute approximate surface area is 222 Å². The van der Waals surface area contributed by atoms with Gasteiger partial charge in [-0.2, -0.15) is 0 Å². The van der Waals surface area contributed by atoms with Crippen LogP contribution in [0.3, 0.4) is 0 Å². The molecule has 1 fully saturated rings. The van der Waals surface area contributed by atoms with Gasteiger partial charge >= 0.3 is 14.6 Å². The third-order valence-corrected chi connectivity index (χ3v) is 7.73. The Kier molecular flexibility index (Phi) is 12.1. The van der Waals surface area contributed by atoms with Crippen molar-refractivity contribution < 1.29 is 36.3 Å². The zero-order chi connectivity index (χ0) is 27.4. The number of rotatable bonds is 15. The van der Waals surface area contributed by atoms with Crippen LogP contribution in [-0.4, -0.2) is 24.4 Å². The molecule has 2 aromatic rings. The van der Waals surface area contributed by atoms with Crippen molar-refractivity contribution in [2.24, 2.45) is 0 Å². The lowest BCUT2D eigenvalue weighted by Crippen LogP contribution is -2.29. The van der Waals surface area contributed by atoms with Gasteiger partial charge < -0.3 is 19.5 Å². The van der Waals surface area contributed by atoms with Crippen molar-refractivity contribution in [3.8, 4) is 5.75 Å². The van der Waals surface area contributed by atoms with Crippen LogP contribution in [0.25, 0.3) is 0 Å². The molecule has 2 N–H and O–H groups in total. The summed E-state index contributed by atoms with van der Waals surface area (Å²) in [5.41, 5.74) is 2.44. The summed E-state index contributed by atoms with van der Waals surface area (Å²) in [6.07, 6.45) is 5.53. The van der Waals surface area contributed by atoms with Gasteiger partial charge in [0.1, 0.15) is 11.6 Å². The Bertz CT molecular complexity index is 1010. The molecule has 38 heavy (non-hydrogen) atoms. The number of nitrogens with one attached hydrogen (secondary N) is 1. The van der Waals surface area contributed by atoms with E-state index in [1.165, 1.54) is 30.2 Å². The third-order valence-electron chi connectivity index (χ3n) is 7.28. The van der Waals surface area contributed by atoms with Crippen molar-refractivity contribution in [2.75, 3.05) is 13.2 Å². The first-order valence-electron chi connectivity index (χ1n) is 13.4. The molecule has 3 rings (SSSR count). The summed E-state index contributed by atoms with van der Waals surface area (Å²) < 4.78 is 72.2. The number of alkyl halides is 3. The Morgan fingerprint density at radius 3 is 2.39 bits per heavy atom. The van der Waals surface area contributed by atoms with Crippen LogP contribution in [0, 0.1) is 5.82 Å². The summed E-state index contributed by atoms with van der Waals surface area (Å²) in [4.78, 5) is 8.64. The average molecular weight is 560 g/mol. The highest BCUT2D eigenvalue weighted by Gasteiger charge is 2.34. The van der Waals surface area contributed by atoms with Crippen LogP contribution in [0.4, 0.5) is 17.6 Å². The Hall–Kier alpha value is -1.93. The van der Waals surface area contributed by atoms with Crippen LogP contribution in [0.2, 0.25) is 0 Å². The molecule has 1 atom stereocenters. The minimum absolute atomic E-state index is 0.0630. The Morgan fingerprint density at radius 2 is 1.71 bits per heavy atom. The van der Waals surface area contributed by atoms with Crippen LogP contribution in [0.5, 0.6) is 5.75 Å². The van der Waals surface area contributed by atoms with Crippen molar-refractivity contribution in [1.29, 1.82) is 0 Å². The smallest absolute Gasteiger partial charge is 0.405 e. The zero-order valence-electron chi connectivity index (χ0n) is 21.6. The first kappa shape index (κ1) is 30.6. The van der Waals surface area contributed by atoms with Gasteiger partial charge in [-0.3, -0.25) is 4.57 Å². The normalized spacial score (nSPS) is 16.3. The van der Waals surface area contributed by atoms with Gasteiger partial charge in [-0.15, -0.1) is 13.2 Å². The van der Waals surface area contributed by atoms with E-state index < -0.39 is 14.6 Å². The molecular weight excluding hydrogens is 521 g/mol. The first-order valence-corrected chi connectivity index (χ1v) is 14.6. The topological polar surface area (TPSA) is 67.8 Å². The van der Waals surface area contributed by atoms with E-state index in [9.17, 15) is 22.1 Å². The summed E-state index contributed by atoms with van der Waals surface area (Å²) >= 11 is 0. The van der Waals surface area contributed by atoms with Gasteiger partial charge in [-0.05, 0) is 85.4 Å². The van der Waals surface area contributed by atoms with E-state index in [1.807, 2.05) is 12.1 Å².